The summed E-state index contributed by atoms with van der Waals surface area (Å²) in [6.45, 7) is 4.94. The van der Waals surface area contributed by atoms with Gasteiger partial charge in [0.15, 0.2) is 18.1 Å². The molecule has 8 heteroatoms. The molecule has 0 aliphatic rings. The Kier molecular flexibility index (Phi) is 5.24. The molecule has 0 unspecified atom stereocenters. The fourth-order valence-corrected chi connectivity index (χ4v) is 1.14. The normalized spacial score (nSPS) is 11.9. The summed E-state index contributed by atoms with van der Waals surface area (Å²) in [7, 11) is 0. The number of nitrogens with zero attached hydrogens (tertiary/aromatic N) is 3. The summed E-state index contributed by atoms with van der Waals surface area (Å²) in [5.74, 6) is -0.944. The van der Waals surface area contributed by atoms with E-state index in [1.54, 1.807) is 0 Å². The first-order chi connectivity index (χ1) is 9.34. The number of benzene rings is 1. The molecule has 0 saturated carbocycles. The van der Waals surface area contributed by atoms with Gasteiger partial charge in [-0.3, -0.25) is 0 Å². The van der Waals surface area contributed by atoms with E-state index in [0.717, 1.165) is 18.2 Å². The molecular weight excluding hydrogens is 278 g/mol. The lowest BCUT2D eigenvalue weighted by molar-refractivity contribution is -0.195. The van der Waals surface area contributed by atoms with Crippen LogP contribution in [0.1, 0.15) is 0 Å². The van der Waals surface area contributed by atoms with Gasteiger partial charge in [-0.2, -0.15) is 13.2 Å². The van der Waals surface area contributed by atoms with Crippen molar-refractivity contribution >= 4 is 12.6 Å². The smallest absolute Gasteiger partial charge is 0.362 e. The van der Waals surface area contributed by atoms with Crippen molar-refractivity contribution in [2.45, 2.75) is 6.18 Å². The third-order valence-electron chi connectivity index (χ3n) is 1.88. The summed E-state index contributed by atoms with van der Waals surface area (Å²) < 4.78 is 50.2. The highest BCUT2D eigenvalue weighted by molar-refractivity contribution is 5.95. The van der Waals surface area contributed by atoms with E-state index in [0.29, 0.717) is 0 Å². The lowest BCUT2D eigenvalue weighted by atomic mass is 10.3. The molecule has 0 atom stereocenters. The molecule has 0 aromatic heterocycles. The van der Waals surface area contributed by atoms with Crippen molar-refractivity contribution in [3.05, 3.63) is 42.7 Å². The van der Waals surface area contributed by atoms with E-state index < -0.39 is 18.5 Å². The molecule has 0 spiro atoms. The number of hydrogen-bond acceptors (Lipinski definition) is 3. The molecule has 0 radical (unpaired) electrons. The Hall–Kier alpha value is -2.38. The Morgan fingerprint density at radius 1 is 1.40 bits per heavy atom. The number of alkyl halides is 3. The van der Waals surface area contributed by atoms with Gasteiger partial charge in [0.1, 0.15) is 5.82 Å². The number of hydroxylamine groups is 1. The zero-order valence-corrected chi connectivity index (χ0v) is 10.3. The second-order valence-electron chi connectivity index (χ2n) is 3.49. The Morgan fingerprint density at radius 3 is 2.60 bits per heavy atom. The van der Waals surface area contributed by atoms with Crippen LogP contribution in [0.4, 0.5) is 17.6 Å². The van der Waals surface area contributed by atoms with E-state index in [1.165, 1.54) is 12.1 Å². The van der Waals surface area contributed by atoms with Crippen LogP contribution in [0, 0.1) is 5.82 Å². The molecule has 20 heavy (non-hydrogen) atoms. The van der Waals surface area contributed by atoms with Gasteiger partial charge >= 0.3 is 6.18 Å². The number of aliphatic imine (C=N–C) groups is 1. The van der Waals surface area contributed by atoms with Crippen LogP contribution in [0.15, 0.2) is 47.0 Å². The molecule has 0 aliphatic carbocycles. The monoisotopic (exact) mass is 289 g/mol. The topological polar surface area (TPSA) is 37.2 Å². The largest absolute Gasteiger partial charge is 0.411 e. The molecule has 1 rings (SSSR count). The molecule has 108 valence electrons. The molecule has 0 fully saturated rings. The maximum atomic E-state index is 12.9. The van der Waals surface area contributed by atoms with E-state index in [9.17, 15) is 17.6 Å². The average molecular weight is 289 g/mol. The molecule has 0 saturated heterocycles. The van der Waals surface area contributed by atoms with Gasteiger partial charge in [-0.05, 0) is 24.9 Å². The predicted octanol–water partition coefficient (Wildman–Crippen LogP) is 3.18. The van der Waals surface area contributed by atoms with E-state index in [-0.39, 0.29) is 16.8 Å². The van der Waals surface area contributed by atoms with Gasteiger partial charge in [0.05, 0.1) is 0 Å². The first kappa shape index (κ1) is 15.7. The molecule has 0 aliphatic heterocycles. The molecular formula is C12H11F4N3O. The van der Waals surface area contributed by atoms with Crippen LogP contribution in [0.2, 0.25) is 0 Å². The van der Waals surface area contributed by atoms with E-state index in [1.807, 2.05) is 0 Å². The van der Waals surface area contributed by atoms with E-state index >= 15 is 0 Å². The van der Waals surface area contributed by atoms with Crippen molar-refractivity contribution in [1.82, 2.24) is 5.17 Å². The Balaban J connectivity index is 2.95. The van der Waals surface area contributed by atoms with Crippen molar-refractivity contribution in [3.8, 4) is 5.75 Å². The molecule has 1 aromatic carbocycles. The van der Waals surface area contributed by atoms with Gasteiger partial charge in [-0.1, -0.05) is 12.6 Å². The van der Waals surface area contributed by atoms with Crippen LogP contribution in [0.5, 0.6) is 5.75 Å². The molecule has 0 N–H and O–H groups in total. The van der Waals surface area contributed by atoms with Gasteiger partial charge < -0.3 is 4.84 Å². The summed E-state index contributed by atoms with van der Waals surface area (Å²) >= 11 is 0. The Bertz CT molecular complexity index is 504. The maximum absolute atomic E-state index is 12.9. The summed E-state index contributed by atoms with van der Waals surface area (Å²) in [5.41, 5.74) is 0. The fraction of sp³-hybridized carbons (Fsp3) is 0.167. The van der Waals surface area contributed by atoms with Crippen molar-refractivity contribution in [2.24, 2.45) is 10.1 Å². The first-order valence-electron chi connectivity index (χ1n) is 5.29. The minimum Gasteiger partial charge on any atom is -0.362 e. The summed E-state index contributed by atoms with van der Waals surface area (Å²) in [4.78, 5) is 8.21. The number of amidine groups is 1. The Morgan fingerprint density at radius 2 is 2.10 bits per heavy atom. The summed E-state index contributed by atoms with van der Waals surface area (Å²) in [5, 5.41) is 3.70. The predicted molar refractivity (Wildman–Crippen MR) is 67.0 cm³/mol. The van der Waals surface area contributed by atoms with Crippen LogP contribution in [0.25, 0.3) is 0 Å². The average Bonchev–Trinajstić information content (AvgIpc) is 2.33. The van der Waals surface area contributed by atoms with Crippen LogP contribution in [0.3, 0.4) is 0 Å². The van der Waals surface area contributed by atoms with E-state index in [4.69, 9.17) is 4.84 Å². The zero-order valence-electron chi connectivity index (χ0n) is 10.3. The van der Waals surface area contributed by atoms with Gasteiger partial charge in [-0.25, -0.2) is 9.38 Å². The van der Waals surface area contributed by atoms with Crippen molar-refractivity contribution in [2.75, 3.05) is 6.54 Å². The second kappa shape index (κ2) is 6.69. The first-order valence-corrected chi connectivity index (χ1v) is 5.29. The van der Waals surface area contributed by atoms with E-state index in [2.05, 4.69) is 23.4 Å². The van der Waals surface area contributed by atoms with Crippen LogP contribution < -0.4 is 4.84 Å². The van der Waals surface area contributed by atoms with Crippen molar-refractivity contribution in [1.29, 1.82) is 0 Å². The maximum Gasteiger partial charge on any atom is 0.411 e. The second-order valence-corrected chi connectivity index (χ2v) is 3.49. The number of halogens is 4. The van der Waals surface area contributed by atoms with Crippen LogP contribution in [-0.4, -0.2) is 30.4 Å². The standard InChI is InChI=1S/C12H11F4N3O/c1-3-11(17-2)18-19(8-12(14,15)16)20-10-6-4-5-9(13)7-10/h3-7H,1-2,8H2/b18-11-. The third-order valence-corrected chi connectivity index (χ3v) is 1.88. The molecule has 0 bridgehead atoms. The minimum absolute atomic E-state index is 0.134. The third kappa shape index (κ3) is 5.51. The highest BCUT2D eigenvalue weighted by atomic mass is 19.4. The quantitative estimate of drug-likeness (QED) is 0.361. The van der Waals surface area contributed by atoms with Gasteiger partial charge in [0, 0.05) is 6.07 Å². The molecule has 0 amide bonds. The number of hydrogen-bond donors (Lipinski definition) is 0. The fourth-order valence-electron chi connectivity index (χ4n) is 1.14. The minimum atomic E-state index is -4.57. The summed E-state index contributed by atoms with van der Waals surface area (Å²) in [6, 6.07) is 4.63. The highest BCUT2D eigenvalue weighted by Crippen LogP contribution is 2.20. The summed E-state index contributed by atoms with van der Waals surface area (Å²) in [6.07, 6.45) is -3.46. The van der Waals surface area contributed by atoms with Crippen LogP contribution >= 0.6 is 0 Å². The van der Waals surface area contributed by atoms with Crippen molar-refractivity contribution < 1.29 is 22.4 Å². The number of hydrazone groups is 1. The van der Waals surface area contributed by atoms with Gasteiger partial charge in [-0.15, -0.1) is 10.3 Å². The highest BCUT2D eigenvalue weighted by Gasteiger charge is 2.32. The lowest BCUT2D eigenvalue weighted by Crippen LogP contribution is -2.33. The molecule has 1 aromatic rings. The van der Waals surface area contributed by atoms with Crippen LogP contribution in [-0.2, 0) is 0 Å². The SMILES string of the molecule is C=C/C(N=C)=N/N(CC(F)(F)F)Oc1cccc(F)c1. The van der Waals surface area contributed by atoms with Crippen molar-refractivity contribution in [3.63, 3.8) is 0 Å². The number of rotatable bonds is 5. The van der Waals surface area contributed by atoms with Gasteiger partial charge in [0.2, 0.25) is 0 Å². The zero-order chi connectivity index (χ0) is 15.2. The molecule has 0 heterocycles. The Labute approximate surface area is 112 Å². The lowest BCUT2D eigenvalue weighted by Gasteiger charge is -2.20. The van der Waals surface area contributed by atoms with Gasteiger partial charge in [0.25, 0.3) is 0 Å². The molecule has 4 nitrogen and oxygen atoms in total.